The number of aromatic nitrogens is 2. The number of ether oxygens (including phenoxy) is 1. The van der Waals surface area contributed by atoms with Gasteiger partial charge in [0, 0.05) is 16.6 Å². The lowest BCUT2D eigenvalue weighted by molar-refractivity contribution is -0.115. The minimum atomic E-state index is -0.470. The summed E-state index contributed by atoms with van der Waals surface area (Å²) in [5.41, 5.74) is 2.49. The number of thiophene rings is 1. The molecular formula is C25H23N3O3S2. The summed E-state index contributed by atoms with van der Waals surface area (Å²) in [6, 6.07) is 16.7. The van der Waals surface area contributed by atoms with Crippen molar-refractivity contribution in [3.05, 3.63) is 75.4 Å². The Labute approximate surface area is 199 Å². The molecule has 2 aromatic carbocycles. The number of anilines is 1. The molecule has 1 unspecified atom stereocenters. The van der Waals surface area contributed by atoms with Crippen LogP contribution in [0.25, 0.3) is 15.9 Å². The normalized spacial score (nSPS) is 13.6. The second-order valence-electron chi connectivity index (χ2n) is 7.89. The van der Waals surface area contributed by atoms with Crippen molar-refractivity contribution in [1.82, 2.24) is 9.55 Å². The Hall–Kier alpha value is -3.10. The maximum Gasteiger partial charge on any atom is 0.267 e. The van der Waals surface area contributed by atoms with Crippen LogP contribution in [0.1, 0.15) is 23.8 Å². The molecule has 33 heavy (non-hydrogen) atoms. The number of carbonyl (C=O) groups excluding carboxylic acids is 1. The third-order valence-corrected chi connectivity index (χ3v) is 7.95. The van der Waals surface area contributed by atoms with Gasteiger partial charge < -0.3 is 10.1 Å². The lowest BCUT2D eigenvalue weighted by atomic mass is 10.2. The first kappa shape index (κ1) is 21.7. The van der Waals surface area contributed by atoms with Gasteiger partial charge in [-0.2, -0.15) is 0 Å². The van der Waals surface area contributed by atoms with E-state index < -0.39 is 5.25 Å². The fourth-order valence-corrected chi connectivity index (χ4v) is 6.29. The molecule has 2 aromatic heterocycles. The molecule has 6 nitrogen and oxygen atoms in total. The molecule has 0 fully saturated rings. The van der Waals surface area contributed by atoms with Gasteiger partial charge in [-0.3, -0.25) is 14.2 Å². The Balaban J connectivity index is 1.51. The van der Waals surface area contributed by atoms with E-state index in [9.17, 15) is 9.59 Å². The van der Waals surface area contributed by atoms with Crippen LogP contribution < -0.4 is 15.6 Å². The first-order chi connectivity index (χ1) is 16.0. The Bertz CT molecular complexity index is 1400. The van der Waals surface area contributed by atoms with E-state index in [1.807, 2.05) is 55.5 Å². The molecule has 5 rings (SSSR count). The van der Waals surface area contributed by atoms with Crippen molar-refractivity contribution in [3.63, 3.8) is 0 Å². The summed E-state index contributed by atoms with van der Waals surface area (Å²) in [5, 5.41) is 3.71. The van der Waals surface area contributed by atoms with E-state index in [0.29, 0.717) is 16.6 Å². The molecule has 8 heteroatoms. The maximum absolute atomic E-state index is 13.7. The number of nitrogens with zero attached hydrogens (tertiary/aromatic N) is 2. The van der Waals surface area contributed by atoms with Crippen LogP contribution in [-0.2, 0) is 17.6 Å². The summed E-state index contributed by atoms with van der Waals surface area (Å²) in [6.45, 7) is 1.82. The molecule has 0 saturated carbocycles. The van der Waals surface area contributed by atoms with Crippen molar-refractivity contribution in [2.24, 2.45) is 0 Å². The topological polar surface area (TPSA) is 73.2 Å². The molecule has 1 N–H and O–H groups in total. The third kappa shape index (κ3) is 4.16. The van der Waals surface area contributed by atoms with E-state index in [2.05, 4.69) is 5.32 Å². The highest BCUT2D eigenvalue weighted by molar-refractivity contribution is 8.00. The number of carbonyl (C=O) groups is 1. The van der Waals surface area contributed by atoms with E-state index in [-0.39, 0.29) is 11.5 Å². The van der Waals surface area contributed by atoms with Gasteiger partial charge in [0.15, 0.2) is 5.16 Å². The summed E-state index contributed by atoms with van der Waals surface area (Å²) < 4.78 is 6.88. The smallest absolute Gasteiger partial charge is 0.267 e. The number of thioether (sulfide) groups is 1. The van der Waals surface area contributed by atoms with Gasteiger partial charge in [-0.05, 0) is 56.0 Å². The van der Waals surface area contributed by atoms with Crippen LogP contribution >= 0.6 is 23.1 Å². The molecule has 0 bridgehead atoms. The van der Waals surface area contributed by atoms with Crippen LogP contribution in [0, 0.1) is 0 Å². The standard InChI is InChI=1S/C25H23N3O3S2/c1-15(22(29)26-16-8-6-11-18(14-16)31-2)32-25-27-23-21(19-12-7-13-20(19)33-23)24(30)28(25)17-9-4-3-5-10-17/h3-6,8-11,14-15H,7,12-13H2,1-2H3,(H,26,29). The van der Waals surface area contributed by atoms with Crippen molar-refractivity contribution >= 4 is 44.9 Å². The fraction of sp³-hybridized carbons (Fsp3) is 0.240. The molecule has 1 aliphatic carbocycles. The molecule has 168 valence electrons. The van der Waals surface area contributed by atoms with Gasteiger partial charge in [0.25, 0.3) is 5.56 Å². The first-order valence-corrected chi connectivity index (χ1v) is 12.5. The quantitative estimate of drug-likeness (QED) is 0.310. The molecule has 0 saturated heterocycles. The number of rotatable bonds is 6. The Morgan fingerprint density at radius 3 is 2.79 bits per heavy atom. The van der Waals surface area contributed by atoms with Crippen molar-refractivity contribution < 1.29 is 9.53 Å². The minimum Gasteiger partial charge on any atom is -0.497 e. The molecule has 0 radical (unpaired) electrons. The van der Waals surface area contributed by atoms with Gasteiger partial charge >= 0.3 is 0 Å². The number of benzene rings is 2. The van der Waals surface area contributed by atoms with Gasteiger partial charge in [-0.1, -0.05) is 36.0 Å². The van der Waals surface area contributed by atoms with Crippen LogP contribution in [0.2, 0.25) is 0 Å². The largest absolute Gasteiger partial charge is 0.497 e. The number of aryl methyl sites for hydroxylation is 2. The molecule has 1 amide bonds. The van der Waals surface area contributed by atoms with Gasteiger partial charge in [-0.25, -0.2) is 4.98 Å². The summed E-state index contributed by atoms with van der Waals surface area (Å²) >= 11 is 2.90. The number of hydrogen-bond acceptors (Lipinski definition) is 6. The van der Waals surface area contributed by atoms with Crippen molar-refractivity contribution in [3.8, 4) is 11.4 Å². The maximum atomic E-state index is 13.7. The van der Waals surface area contributed by atoms with Gasteiger partial charge in [-0.15, -0.1) is 11.3 Å². The predicted octanol–water partition coefficient (Wildman–Crippen LogP) is 5.06. The summed E-state index contributed by atoms with van der Waals surface area (Å²) in [7, 11) is 1.59. The van der Waals surface area contributed by atoms with Gasteiger partial charge in [0.2, 0.25) is 5.91 Å². The number of amides is 1. The zero-order valence-corrected chi connectivity index (χ0v) is 20.0. The monoisotopic (exact) mass is 477 g/mol. The minimum absolute atomic E-state index is 0.0616. The third-order valence-electron chi connectivity index (χ3n) is 5.71. The molecular weight excluding hydrogens is 454 g/mol. The molecule has 1 aliphatic rings. The fourth-order valence-electron chi connectivity index (χ4n) is 4.06. The second kappa shape index (κ2) is 9.03. The lowest BCUT2D eigenvalue weighted by Gasteiger charge is -2.16. The van der Waals surface area contributed by atoms with E-state index in [1.165, 1.54) is 16.6 Å². The Morgan fingerprint density at radius 2 is 2.00 bits per heavy atom. The van der Waals surface area contributed by atoms with Crippen LogP contribution in [0.4, 0.5) is 5.69 Å². The van der Waals surface area contributed by atoms with Gasteiger partial charge in [0.05, 0.1) is 23.4 Å². The summed E-state index contributed by atoms with van der Waals surface area (Å²) in [5.74, 6) is 0.500. The second-order valence-corrected chi connectivity index (χ2v) is 10.3. The predicted molar refractivity (Wildman–Crippen MR) is 134 cm³/mol. The number of hydrogen-bond donors (Lipinski definition) is 1. The van der Waals surface area contributed by atoms with Crippen LogP contribution in [-0.4, -0.2) is 27.8 Å². The van der Waals surface area contributed by atoms with Crippen molar-refractivity contribution in [1.29, 1.82) is 0 Å². The van der Waals surface area contributed by atoms with Crippen molar-refractivity contribution in [2.75, 3.05) is 12.4 Å². The average Bonchev–Trinajstić information content (AvgIpc) is 3.41. The molecule has 2 heterocycles. The van der Waals surface area contributed by atoms with Crippen LogP contribution in [0.5, 0.6) is 5.75 Å². The zero-order chi connectivity index (χ0) is 22.9. The summed E-state index contributed by atoms with van der Waals surface area (Å²) in [6.07, 6.45) is 3.01. The van der Waals surface area contributed by atoms with Crippen LogP contribution in [0.3, 0.4) is 0 Å². The lowest BCUT2D eigenvalue weighted by Crippen LogP contribution is -2.26. The van der Waals surface area contributed by atoms with Crippen molar-refractivity contribution in [2.45, 2.75) is 36.6 Å². The Morgan fingerprint density at radius 1 is 1.18 bits per heavy atom. The number of methoxy groups -OCH3 is 1. The van der Waals surface area contributed by atoms with E-state index >= 15 is 0 Å². The van der Waals surface area contributed by atoms with E-state index in [1.54, 1.807) is 29.1 Å². The molecule has 0 aliphatic heterocycles. The first-order valence-electron chi connectivity index (χ1n) is 10.8. The highest BCUT2D eigenvalue weighted by Gasteiger charge is 2.25. The van der Waals surface area contributed by atoms with Gasteiger partial charge in [0.1, 0.15) is 10.6 Å². The molecule has 0 spiro atoms. The highest BCUT2D eigenvalue weighted by Crippen LogP contribution is 2.36. The van der Waals surface area contributed by atoms with Crippen LogP contribution in [0.15, 0.2) is 64.5 Å². The number of para-hydroxylation sites is 1. The van der Waals surface area contributed by atoms with E-state index in [4.69, 9.17) is 9.72 Å². The summed E-state index contributed by atoms with van der Waals surface area (Å²) in [4.78, 5) is 33.5. The average molecular weight is 478 g/mol. The molecule has 4 aromatic rings. The van der Waals surface area contributed by atoms with E-state index in [0.717, 1.165) is 40.7 Å². The highest BCUT2D eigenvalue weighted by atomic mass is 32.2. The molecule has 1 atom stereocenters. The SMILES string of the molecule is COc1cccc(NC(=O)C(C)Sc2nc3sc4c(c3c(=O)n2-c2ccccc2)CCC4)c1. The number of nitrogens with one attached hydrogen (secondary N) is 1. The Kier molecular flexibility index (Phi) is 5.95. The number of fused-ring (bicyclic) bond motifs is 3. The zero-order valence-electron chi connectivity index (χ0n) is 18.3.